The maximum absolute atomic E-state index is 12.5. The fourth-order valence-corrected chi connectivity index (χ4v) is 3.54. The van der Waals surface area contributed by atoms with Gasteiger partial charge in [-0.05, 0) is 36.8 Å². The number of anilines is 3. The van der Waals surface area contributed by atoms with E-state index >= 15 is 0 Å². The molecule has 4 aromatic rings. The SMILES string of the molecule is Cc1oc(=O)c(Cl)c(N(c2ccccc2)c2ccccc2)c1-c1ccccc1. The van der Waals surface area contributed by atoms with E-state index in [1.165, 1.54) is 0 Å². The van der Waals surface area contributed by atoms with E-state index in [2.05, 4.69) is 0 Å². The van der Waals surface area contributed by atoms with Crippen LogP contribution in [-0.2, 0) is 0 Å². The Kier molecular flexibility index (Phi) is 5.00. The molecule has 4 rings (SSSR count). The number of benzene rings is 3. The van der Waals surface area contributed by atoms with Crippen LogP contribution >= 0.6 is 11.6 Å². The van der Waals surface area contributed by atoms with Crippen molar-refractivity contribution in [2.45, 2.75) is 6.92 Å². The molecular formula is C24H18ClNO2. The first-order valence-electron chi connectivity index (χ1n) is 8.95. The maximum atomic E-state index is 12.5. The summed E-state index contributed by atoms with van der Waals surface area (Å²) >= 11 is 6.57. The highest BCUT2D eigenvalue weighted by Crippen LogP contribution is 2.44. The Morgan fingerprint density at radius 1 is 0.750 bits per heavy atom. The van der Waals surface area contributed by atoms with Gasteiger partial charge >= 0.3 is 5.63 Å². The van der Waals surface area contributed by atoms with Crippen molar-refractivity contribution in [3.8, 4) is 11.1 Å². The molecule has 28 heavy (non-hydrogen) atoms. The Hall–Kier alpha value is -3.30. The number of para-hydroxylation sites is 2. The Balaban J connectivity index is 2.09. The Morgan fingerprint density at radius 2 is 1.21 bits per heavy atom. The summed E-state index contributed by atoms with van der Waals surface area (Å²) in [7, 11) is 0. The van der Waals surface area contributed by atoms with Crippen LogP contribution in [0.15, 0.2) is 100 Å². The molecule has 0 amide bonds. The molecule has 0 spiro atoms. The molecule has 0 saturated carbocycles. The van der Waals surface area contributed by atoms with Gasteiger partial charge in [0.2, 0.25) is 0 Å². The summed E-state index contributed by atoms with van der Waals surface area (Å²) in [5, 5.41) is 0.0529. The van der Waals surface area contributed by atoms with E-state index in [1.807, 2.05) is 95.9 Å². The maximum Gasteiger partial charge on any atom is 0.357 e. The van der Waals surface area contributed by atoms with Crippen molar-refractivity contribution in [3.05, 3.63) is 112 Å². The summed E-state index contributed by atoms with van der Waals surface area (Å²) in [5.41, 5.74) is 3.58. The lowest BCUT2D eigenvalue weighted by Gasteiger charge is -2.28. The predicted octanol–water partition coefficient (Wildman–Crippen LogP) is 6.74. The molecule has 0 aliphatic carbocycles. The minimum Gasteiger partial charge on any atom is -0.426 e. The monoisotopic (exact) mass is 387 g/mol. The first kappa shape index (κ1) is 18.1. The van der Waals surface area contributed by atoms with Gasteiger partial charge in [-0.2, -0.15) is 0 Å². The smallest absolute Gasteiger partial charge is 0.357 e. The standard InChI is InChI=1S/C24H18ClNO2/c1-17-21(18-11-5-2-6-12-18)23(22(25)24(27)28-17)26(19-13-7-3-8-14-19)20-15-9-4-10-16-20/h2-16H,1H3. The van der Waals surface area contributed by atoms with E-state index < -0.39 is 5.63 Å². The Bertz CT molecular complexity index is 1100. The van der Waals surface area contributed by atoms with Gasteiger partial charge in [0.15, 0.2) is 5.02 Å². The predicted molar refractivity (Wildman–Crippen MR) is 115 cm³/mol. The third kappa shape index (κ3) is 3.32. The summed E-state index contributed by atoms with van der Waals surface area (Å²) in [4.78, 5) is 14.5. The molecule has 0 aliphatic rings. The van der Waals surface area contributed by atoms with Crippen molar-refractivity contribution in [1.82, 2.24) is 0 Å². The number of hydrogen-bond acceptors (Lipinski definition) is 3. The van der Waals surface area contributed by atoms with Crippen molar-refractivity contribution in [2.75, 3.05) is 4.90 Å². The molecule has 0 fully saturated rings. The van der Waals surface area contributed by atoms with Crippen LogP contribution in [0, 0.1) is 6.92 Å². The van der Waals surface area contributed by atoms with Crippen LogP contribution in [0.1, 0.15) is 5.76 Å². The van der Waals surface area contributed by atoms with Crippen LogP contribution in [0.2, 0.25) is 5.02 Å². The van der Waals surface area contributed by atoms with Crippen molar-refractivity contribution < 1.29 is 4.42 Å². The number of hydrogen-bond donors (Lipinski definition) is 0. The quantitative estimate of drug-likeness (QED) is 0.389. The van der Waals surface area contributed by atoms with Crippen LogP contribution < -0.4 is 10.5 Å². The summed E-state index contributed by atoms with van der Waals surface area (Å²) in [6.45, 7) is 1.79. The van der Waals surface area contributed by atoms with Crippen molar-refractivity contribution in [3.63, 3.8) is 0 Å². The van der Waals surface area contributed by atoms with Crippen LogP contribution in [0.5, 0.6) is 0 Å². The number of rotatable bonds is 4. The normalized spacial score (nSPS) is 10.6. The van der Waals surface area contributed by atoms with E-state index in [-0.39, 0.29) is 5.02 Å². The molecule has 0 radical (unpaired) electrons. The summed E-state index contributed by atoms with van der Waals surface area (Å²) < 4.78 is 5.44. The molecule has 0 unspecified atom stereocenters. The van der Waals surface area contributed by atoms with Gasteiger partial charge in [0.1, 0.15) is 5.76 Å². The molecule has 0 N–H and O–H groups in total. The fraction of sp³-hybridized carbons (Fsp3) is 0.0417. The average molecular weight is 388 g/mol. The Labute approximate surface area is 168 Å². The van der Waals surface area contributed by atoms with Gasteiger partial charge in [-0.25, -0.2) is 4.79 Å². The number of nitrogens with zero attached hydrogens (tertiary/aromatic N) is 1. The van der Waals surface area contributed by atoms with Gasteiger partial charge < -0.3 is 9.32 Å². The summed E-state index contributed by atoms with van der Waals surface area (Å²) in [6.07, 6.45) is 0. The zero-order valence-corrected chi connectivity index (χ0v) is 16.1. The van der Waals surface area contributed by atoms with Gasteiger partial charge in [0, 0.05) is 16.9 Å². The zero-order valence-electron chi connectivity index (χ0n) is 15.3. The van der Waals surface area contributed by atoms with Crippen molar-refractivity contribution in [1.29, 1.82) is 0 Å². The van der Waals surface area contributed by atoms with E-state index in [0.717, 1.165) is 22.5 Å². The summed E-state index contributed by atoms with van der Waals surface area (Å²) in [5.74, 6) is 0.521. The third-order valence-electron chi connectivity index (χ3n) is 4.54. The third-order valence-corrected chi connectivity index (χ3v) is 4.87. The van der Waals surface area contributed by atoms with Crippen LogP contribution in [0.25, 0.3) is 11.1 Å². The minimum atomic E-state index is -0.550. The largest absolute Gasteiger partial charge is 0.426 e. The van der Waals surface area contributed by atoms with Crippen LogP contribution in [0.3, 0.4) is 0 Å². The van der Waals surface area contributed by atoms with Gasteiger partial charge in [-0.1, -0.05) is 78.3 Å². The summed E-state index contributed by atoms with van der Waals surface area (Å²) in [6, 6.07) is 29.5. The number of halogens is 1. The highest BCUT2D eigenvalue weighted by Gasteiger charge is 2.25. The topological polar surface area (TPSA) is 33.5 Å². The molecule has 1 heterocycles. The van der Waals surface area contributed by atoms with Gasteiger partial charge in [-0.15, -0.1) is 0 Å². The van der Waals surface area contributed by atoms with Gasteiger partial charge in [0.05, 0.1) is 5.69 Å². The molecule has 3 aromatic carbocycles. The lowest BCUT2D eigenvalue weighted by Crippen LogP contribution is -2.16. The van der Waals surface area contributed by atoms with Crippen LogP contribution in [-0.4, -0.2) is 0 Å². The molecular weight excluding hydrogens is 370 g/mol. The van der Waals surface area contributed by atoms with E-state index in [9.17, 15) is 4.79 Å². The van der Waals surface area contributed by atoms with Gasteiger partial charge in [0.25, 0.3) is 0 Å². The zero-order chi connectivity index (χ0) is 19.5. The molecule has 0 bridgehead atoms. The van der Waals surface area contributed by atoms with E-state index in [0.29, 0.717) is 11.4 Å². The molecule has 0 aliphatic heterocycles. The lowest BCUT2D eigenvalue weighted by molar-refractivity contribution is 0.483. The van der Waals surface area contributed by atoms with Crippen LogP contribution in [0.4, 0.5) is 17.1 Å². The first-order valence-corrected chi connectivity index (χ1v) is 9.33. The minimum absolute atomic E-state index is 0.0529. The second-order valence-corrected chi connectivity index (χ2v) is 6.73. The molecule has 4 heteroatoms. The number of aryl methyl sites for hydroxylation is 1. The first-order chi connectivity index (χ1) is 13.7. The van der Waals surface area contributed by atoms with Gasteiger partial charge in [-0.3, -0.25) is 0 Å². The van der Waals surface area contributed by atoms with E-state index in [1.54, 1.807) is 6.92 Å². The highest BCUT2D eigenvalue weighted by molar-refractivity contribution is 6.34. The molecule has 1 aromatic heterocycles. The van der Waals surface area contributed by atoms with Crippen molar-refractivity contribution in [2.24, 2.45) is 0 Å². The highest BCUT2D eigenvalue weighted by atomic mass is 35.5. The lowest BCUT2D eigenvalue weighted by atomic mass is 10.0. The Morgan fingerprint density at radius 3 is 1.71 bits per heavy atom. The molecule has 0 atom stereocenters. The van der Waals surface area contributed by atoms with Crippen molar-refractivity contribution >= 4 is 28.7 Å². The second-order valence-electron chi connectivity index (χ2n) is 6.36. The molecule has 3 nitrogen and oxygen atoms in total. The molecule has 0 saturated heterocycles. The average Bonchev–Trinajstić information content (AvgIpc) is 2.74. The molecule has 138 valence electrons. The van der Waals surface area contributed by atoms with E-state index in [4.69, 9.17) is 16.0 Å². The fourth-order valence-electron chi connectivity index (χ4n) is 3.32. The second kappa shape index (κ2) is 7.75.